The molecule has 0 aliphatic rings. The van der Waals surface area contributed by atoms with Crippen LogP contribution in [-0.2, 0) is 28.7 Å². The Morgan fingerprint density at radius 2 is 1.64 bits per heavy atom. The number of rotatable bonds is 6. The van der Waals surface area contributed by atoms with E-state index in [1.54, 1.807) is 18.4 Å². The zero-order valence-electron chi connectivity index (χ0n) is 14.6. The van der Waals surface area contributed by atoms with Gasteiger partial charge < -0.3 is 10.6 Å². The van der Waals surface area contributed by atoms with E-state index >= 15 is 0 Å². The van der Waals surface area contributed by atoms with Crippen LogP contribution in [0, 0.1) is 6.92 Å². The van der Waals surface area contributed by atoms with Crippen LogP contribution in [0.3, 0.4) is 0 Å². The third-order valence-corrected chi connectivity index (χ3v) is 5.22. The Hall–Kier alpha value is -1.13. The number of aryl methyl sites for hydroxylation is 1. The van der Waals surface area contributed by atoms with Gasteiger partial charge in [-0.05, 0) is 30.2 Å². The van der Waals surface area contributed by atoms with Crippen molar-refractivity contribution in [1.82, 2.24) is 10.6 Å². The molecule has 0 amide bonds. The van der Waals surface area contributed by atoms with Gasteiger partial charge in [0.05, 0.1) is 12.3 Å². The summed E-state index contributed by atoms with van der Waals surface area (Å²) in [5.74, 6) is 0.811. The van der Waals surface area contributed by atoms with Crippen LogP contribution >= 0.6 is 35.3 Å². The number of halogens is 1. The number of guanidine groups is 1. The second-order valence-electron chi connectivity index (χ2n) is 5.68. The van der Waals surface area contributed by atoms with E-state index in [0.717, 1.165) is 23.6 Å². The van der Waals surface area contributed by atoms with E-state index in [1.807, 2.05) is 24.3 Å². The van der Waals surface area contributed by atoms with Crippen molar-refractivity contribution >= 4 is 51.1 Å². The lowest BCUT2D eigenvalue weighted by Crippen LogP contribution is -2.36. The van der Waals surface area contributed by atoms with Crippen molar-refractivity contribution in [3.8, 4) is 0 Å². The van der Waals surface area contributed by atoms with Crippen molar-refractivity contribution in [3.63, 3.8) is 0 Å². The van der Waals surface area contributed by atoms with Crippen LogP contribution in [0.5, 0.6) is 0 Å². The van der Waals surface area contributed by atoms with Crippen LogP contribution < -0.4 is 10.6 Å². The average molecular weight is 493 g/mol. The predicted octanol–water partition coefficient (Wildman–Crippen LogP) is 3.08. The van der Waals surface area contributed by atoms with Crippen molar-refractivity contribution in [2.75, 3.05) is 13.3 Å². The van der Waals surface area contributed by atoms with Gasteiger partial charge >= 0.3 is 0 Å². The number of thiophene rings is 1. The van der Waals surface area contributed by atoms with Crippen LogP contribution in [0.2, 0.25) is 0 Å². The zero-order valence-corrected chi connectivity index (χ0v) is 18.5. The highest BCUT2D eigenvalue weighted by Gasteiger charge is 2.05. The molecule has 0 unspecified atom stereocenters. The SMILES string of the molecule is CN=C(NCc1ccc(CS(C)(=O)=O)cc1)NCc1ccc(C)s1.I. The van der Waals surface area contributed by atoms with Gasteiger partial charge in [-0.25, -0.2) is 8.42 Å². The van der Waals surface area contributed by atoms with Gasteiger partial charge in [0, 0.05) is 29.6 Å². The Kier molecular flexibility index (Phi) is 8.87. The highest BCUT2D eigenvalue weighted by molar-refractivity contribution is 14.0. The molecule has 2 N–H and O–H groups in total. The van der Waals surface area contributed by atoms with Crippen LogP contribution in [0.4, 0.5) is 0 Å². The van der Waals surface area contributed by atoms with Gasteiger partial charge in [-0.1, -0.05) is 24.3 Å². The minimum absolute atomic E-state index is 0. The summed E-state index contributed by atoms with van der Waals surface area (Å²) in [7, 11) is -1.26. The molecule has 5 nitrogen and oxygen atoms in total. The molecule has 1 aromatic heterocycles. The normalized spacial score (nSPS) is 11.7. The molecule has 0 atom stereocenters. The largest absolute Gasteiger partial charge is 0.352 e. The minimum atomic E-state index is -3.00. The maximum absolute atomic E-state index is 11.3. The number of hydrogen-bond donors (Lipinski definition) is 2. The molecular formula is C17H24IN3O2S2. The standard InChI is InChI=1S/C17H23N3O2S2.HI/c1-13-4-9-16(23-13)11-20-17(18-2)19-10-14-5-7-15(8-6-14)12-24(3,21)22;/h4-9H,10-12H2,1-3H3,(H2,18,19,20);1H. The van der Waals surface area contributed by atoms with Gasteiger partial charge in [0.1, 0.15) is 0 Å². The van der Waals surface area contributed by atoms with Crippen molar-refractivity contribution < 1.29 is 8.42 Å². The van der Waals surface area contributed by atoms with Crippen molar-refractivity contribution in [1.29, 1.82) is 0 Å². The molecule has 2 rings (SSSR count). The average Bonchev–Trinajstić information content (AvgIpc) is 2.93. The first kappa shape index (κ1) is 21.9. The molecular weight excluding hydrogens is 469 g/mol. The zero-order chi connectivity index (χ0) is 17.6. The van der Waals surface area contributed by atoms with E-state index in [2.05, 4.69) is 34.7 Å². The number of aliphatic imine (C=N–C) groups is 1. The summed E-state index contributed by atoms with van der Waals surface area (Å²) in [6.07, 6.45) is 1.24. The lowest BCUT2D eigenvalue weighted by atomic mass is 10.1. The van der Waals surface area contributed by atoms with Crippen LogP contribution in [0.15, 0.2) is 41.4 Å². The van der Waals surface area contributed by atoms with Crippen LogP contribution in [0.1, 0.15) is 20.9 Å². The summed E-state index contributed by atoms with van der Waals surface area (Å²) < 4.78 is 22.6. The molecule has 1 aromatic carbocycles. The Morgan fingerprint density at radius 3 is 2.16 bits per heavy atom. The molecule has 25 heavy (non-hydrogen) atoms. The molecule has 0 aliphatic carbocycles. The van der Waals surface area contributed by atoms with Crippen LogP contribution in [0.25, 0.3) is 0 Å². The fraction of sp³-hybridized carbons (Fsp3) is 0.353. The summed E-state index contributed by atoms with van der Waals surface area (Å²) in [4.78, 5) is 6.77. The van der Waals surface area contributed by atoms with E-state index < -0.39 is 9.84 Å². The van der Waals surface area contributed by atoms with E-state index in [1.165, 1.54) is 16.0 Å². The van der Waals surface area contributed by atoms with Crippen LogP contribution in [-0.4, -0.2) is 27.7 Å². The second-order valence-corrected chi connectivity index (χ2v) is 9.19. The Bertz CT molecular complexity index is 800. The van der Waals surface area contributed by atoms with E-state index in [-0.39, 0.29) is 29.7 Å². The molecule has 8 heteroatoms. The number of nitrogens with zero attached hydrogens (tertiary/aromatic N) is 1. The molecule has 0 fully saturated rings. The summed E-state index contributed by atoms with van der Waals surface area (Å²) in [5, 5.41) is 6.54. The highest BCUT2D eigenvalue weighted by Crippen LogP contribution is 2.14. The third-order valence-electron chi connectivity index (χ3n) is 3.36. The molecule has 0 saturated carbocycles. The van der Waals surface area contributed by atoms with Gasteiger partial charge in [0.15, 0.2) is 15.8 Å². The molecule has 138 valence electrons. The topological polar surface area (TPSA) is 70.6 Å². The Morgan fingerprint density at radius 1 is 1.04 bits per heavy atom. The monoisotopic (exact) mass is 493 g/mol. The maximum atomic E-state index is 11.3. The summed E-state index contributed by atoms with van der Waals surface area (Å²) >= 11 is 1.77. The first-order chi connectivity index (χ1) is 11.4. The molecule has 0 bridgehead atoms. The summed E-state index contributed by atoms with van der Waals surface area (Å²) in [5.41, 5.74) is 1.87. The molecule has 2 aromatic rings. The van der Waals surface area contributed by atoms with Gasteiger partial charge in [0.2, 0.25) is 0 Å². The fourth-order valence-electron chi connectivity index (χ4n) is 2.21. The maximum Gasteiger partial charge on any atom is 0.191 e. The lowest BCUT2D eigenvalue weighted by molar-refractivity contribution is 0.601. The summed E-state index contributed by atoms with van der Waals surface area (Å²) in [6, 6.07) is 11.8. The highest BCUT2D eigenvalue weighted by atomic mass is 127. The molecule has 0 radical (unpaired) electrons. The Balaban J connectivity index is 0.00000312. The molecule has 0 aliphatic heterocycles. The van der Waals surface area contributed by atoms with E-state index in [4.69, 9.17) is 0 Å². The quantitative estimate of drug-likeness (QED) is 0.369. The van der Waals surface area contributed by atoms with Gasteiger partial charge in [-0.15, -0.1) is 35.3 Å². The number of benzene rings is 1. The van der Waals surface area contributed by atoms with E-state index in [0.29, 0.717) is 6.54 Å². The third kappa shape index (κ3) is 8.19. The smallest absolute Gasteiger partial charge is 0.191 e. The van der Waals surface area contributed by atoms with E-state index in [9.17, 15) is 8.42 Å². The molecule has 0 spiro atoms. The predicted molar refractivity (Wildman–Crippen MR) is 116 cm³/mol. The second kappa shape index (κ2) is 10.1. The first-order valence-corrected chi connectivity index (χ1v) is 10.5. The van der Waals surface area contributed by atoms with Gasteiger partial charge in [-0.3, -0.25) is 4.99 Å². The summed E-state index contributed by atoms with van der Waals surface area (Å²) in [6.45, 7) is 3.46. The fourth-order valence-corrected chi connectivity index (χ4v) is 3.84. The van der Waals surface area contributed by atoms with Crippen molar-refractivity contribution in [2.45, 2.75) is 25.8 Å². The first-order valence-electron chi connectivity index (χ1n) is 7.61. The number of sulfone groups is 1. The number of hydrogen-bond acceptors (Lipinski definition) is 4. The lowest BCUT2D eigenvalue weighted by Gasteiger charge is -2.11. The number of nitrogens with one attached hydrogen (secondary N) is 2. The molecule has 1 heterocycles. The van der Waals surface area contributed by atoms with Crippen molar-refractivity contribution in [2.24, 2.45) is 4.99 Å². The van der Waals surface area contributed by atoms with Gasteiger partial charge in [-0.2, -0.15) is 0 Å². The minimum Gasteiger partial charge on any atom is -0.352 e. The van der Waals surface area contributed by atoms with Gasteiger partial charge in [0.25, 0.3) is 0 Å². The van der Waals surface area contributed by atoms with Crippen molar-refractivity contribution in [3.05, 3.63) is 57.3 Å². The Labute approximate surface area is 170 Å². The molecule has 0 saturated heterocycles.